The van der Waals surface area contributed by atoms with Gasteiger partial charge >= 0.3 is 0 Å². The zero-order valence-corrected chi connectivity index (χ0v) is 16.4. The van der Waals surface area contributed by atoms with Gasteiger partial charge in [-0.2, -0.15) is 0 Å². The van der Waals surface area contributed by atoms with E-state index in [4.69, 9.17) is 0 Å². The molecule has 1 amide bonds. The molecule has 2 heterocycles. The minimum atomic E-state index is 0.0909. The van der Waals surface area contributed by atoms with E-state index in [2.05, 4.69) is 40.8 Å². The molecule has 0 atom stereocenters. The number of hydrogen-bond donors (Lipinski definition) is 0. The summed E-state index contributed by atoms with van der Waals surface area (Å²) in [7, 11) is 0. The van der Waals surface area contributed by atoms with Crippen LogP contribution in [0.3, 0.4) is 0 Å². The number of carbonyl (C=O) groups is 1. The third-order valence-corrected chi connectivity index (χ3v) is 5.85. The number of benzene rings is 1. The van der Waals surface area contributed by atoms with Crippen LogP contribution in [0.4, 0.5) is 0 Å². The molecule has 1 aliphatic carbocycles. The Morgan fingerprint density at radius 3 is 2.78 bits per heavy atom. The number of rotatable bonds is 7. The summed E-state index contributed by atoms with van der Waals surface area (Å²) in [4.78, 5) is 16.4. The number of aromatic nitrogens is 4. The van der Waals surface area contributed by atoms with Crippen molar-refractivity contribution in [2.24, 2.45) is 5.92 Å². The Hall–Kier alpha value is -2.54. The van der Waals surface area contributed by atoms with Crippen LogP contribution in [0.1, 0.15) is 42.1 Å². The minimum absolute atomic E-state index is 0.0909. The van der Waals surface area contributed by atoms with Crippen LogP contribution in [-0.2, 0) is 0 Å². The van der Waals surface area contributed by atoms with Crippen LogP contribution in [0.5, 0.6) is 0 Å². The van der Waals surface area contributed by atoms with E-state index in [0.29, 0.717) is 11.5 Å². The SMILES string of the molecule is CCCN(CC1CC1)C(=O)c1cc(-c2cc(C)cs2)cc(-n2cnnn2)c1. The molecule has 27 heavy (non-hydrogen) atoms. The quantitative estimate of drug-likeness (QED) is 0.621. The molecule has 6 nitrogen and oxygen atoms in total. The molecule has 0 spiro atoms. The van der Waals surface area contributed by atoms with Crippen LogP contribution in [0.15, 0.2) is 36.0 Å². The number of aryl methyl sites for hydroxylation is 1. The standard InChI is InChI=1S/C20H23N5OS/c1-3-6-24(11-15-4-5-15)20(26)17-8-16(19-7-14(2)12-27-19)9-18(10-17)25-13-21-22-23-25/h7-10,12-13,15H,3-6,11H2,1-2H3. The fourth-order valence-corrected chi connectivity index (χ4v) is 4.10. The van der Waals surface area contributed by atoms with Gasteiger partial charge < -0.3 is 4.90 Å². The minimum Gasteiger partial charge on any atom is -0.338 e. The van der Waals surface area contributed by atoms with E-state index in [1.54, 1.807) is 22.3 Å². The number of hydrogen-bond acceptors (Lipinski definition) is 5. The highest BCUT2D eigenvalue weighted by Crippen LogP contribution is 2.32. The molecule has 1 saturated carbocycles. The van der Waals surface area contributed by atoms with E-state index in [1.807, 2.05) is 23.1 Å². The van der Waals surface area contributed by atoms with Gasteiger partial charge in [0.05, 0.1) is 5.69 Å². The van der Waals surface area contributed by atoms with Crippen molar-refractivity contribution in [3.63, 3.8) is 0 Å². The number of amides is 1. The molecule has 7 heteroatoms. The molecule has 0 saturated heterocycles. The summed E-state index contributed by atoms with van der Waals surface area (Å²) in [5, 5.41) is 13.6. The van der Waals surface area contributed by atoms with E-state index in [9.17, 15) is 4.79 Å². The van der Waals surface area contributed by atoms with Gasteiger partial charge in [0.2, 0.25) is 0 Å². The summed E-state index contributed by atoms with van der Waals surface area (Å²) < 4.78 is 1.60. The maximum Gasteiger partial charge on any atom is 0.253 e. The Kier molecular flexibility index (Phi) is 5.03. The van der Waals surface area contributed by atoms with Crippen molar-refractivity contribution in [1.82, 2.24) is 25.1 Å². The highest BCUT2D eigenvalue weighted by atomic mass is 32.1. The number of nitrogens with zero attached hydrogens (tertiary/aromatic N) is 5. The maximum atomic E-state index is 13.3. The zero-order chi connectivity index (χ0) is 18.8. The predicted octanol–water partition coefficient (Wildman–Crippen LogP) is 3.96. The first-order valence-electron chi connectivity index (χ1n) is 9.37. The fraction of sp³-hybridized carbons (Fsp3) is 0.400. The first-order valence-corrected chi connectivity index (χ1v) is 10.2. The van der Waals surface area contributed by atoms with Gasteiger partial charge in [0.15, 0.2) is 0 Å². The fourth-order valence-electron chi connectivity index (χ4n) is 3.21. The van der Waals surface area contributed by atoms with Gasteiger partial charge in [-0.25, -0.2) is 4.68 Å². The normalized spacial score (nSPS) is 13.7. The van der Waals surface area contributed by atoms with Crippen LogP contribution >= 0.6 is 11.3 Å². The van der Waals surface area contributed by atoms with E-state index >= 15 is 0 Å². The number of tetrazole rings is 1. The highest BCUT2D eigenvalue weighted by Gasteiger charge is 2.27. The first kappa shape index (κ1) is 17.9. The lowest BCUT2D eigenvalue weighted by Crippen LogP contribution is -2.33. The second kappa shape index (κ2) is 7.60. The molecule has 0 bridgehead atoms. The lowest BCUT2D eigenvalue weighted by Gasteiger charge is -2.22. The Labute approximate surface area is 162 Å². The Balaban J connectivity index is 1.73. The van der Waals surface area contributed by atoms with Gasteiger partial charge in [0, 0.05) is 23.5 Å². The second-order valence-electron chi connectivity index (χ2n) is 7.21. The Bertz CT molecular complexity index is 930. The van der Waals surface area contributed by atoms with Gasteiger partial charge in [-0.3, -0.25) is 4.79 Å². The Morgan fingerprint density at radius 1 is 1.30 bits per heavy atom. The molecule has 1 aliphatic rings. The summed E-state index contributed by atoms with van der Waals surface area (Å²) in [6.07, 6.45) is 4.99. The number of carbonyl (C=O) groups excluding carboxylic acids is 1. The lowest BCUT2D eigenvalue weighted by atomic mass is 10.1. The topological polar surface area (TPSA) is 63.9 Å². The number of thiophene rings is 1. The molecule has 0 unspecified atom stereocenters. The molecule has 1 aromatic carbocycles. The molecular weight excluding hydrogens is 358 g/mol. The average molecular weight is 382 g/mol. The molecular formula is C20H23N5OS. The highest BCUT2D eigenvalue weighted by molar-refractivity contribution is 7.13. The molecule has 1 fully saturated rings. The van der Waals surface area contributed by atoms with Crippen molar-refractivity contribution in [3.05, 3.63) is 47.1 Å². The van der Waals surface area contributed by atoms with Crippen molar-refractivity contribution in [3.8, 4) is 16.1 Å². The summed E-state index contributed by atoms with van der Waals surface area (Å²) in [5.74, 6) is 0.760. The molecule has 140 valence electrons. The van der Waals surface area contributed by atoms with E-state index in [0.717, 1.165) is 35.6 Å². The molecule has 0 aliphatic heterocycles. The van der Waals surface area contributed by atoms with Crippen molar-refractivity contribution in [2.45, 2.75) is 33.1 Å². The van der Waals surface area contributed by atoms with Gasteiger partial charge in [0.1, 0.15) is 6.33 Å². The van der Waals surface area contributed by atoms with E-state index in [-0.39, 0.29) is 5.91 Å². The van der Waals surface area contributed by atoms with E-state index in [1.165, 1.54) is 18.4 Å². The van der Waals surface area contributed by atoms with Gasteiger partial charge in [-0.1, -0.05) is 6.92 Å². The third-order valence-electron chi connectivity index (χ3n) is 4.75. The first-order chi connectivity index (χ1) is 13.1. The monoisotopic (exact) mass is 381 g/mol. The zero-order valence-electron chi connectivity index (χ0n) is 15.6. The van der Waals surface area contributed by atoms with Crippen LogP contribution in [0.2, 0.25) is 0 Å². The smallest absolute Gasteiger partial charge is 0.253 e. The van der Waals surface area contributed by atoms with Crippen LogP contribution in [-0.4, -0.2) is 44.1 Å². The second-order valence-corrected chi connectivity index (χ2v) is 8.12. The summed E-state index contributed by atoms with van der Waals surface area (Å²) in [5.41, 5.74) is 3.73. The van der Waals surface area contributed by atoms with E-state index < -0.39 is 0 Å². The molecule has 0 radical (unpaired) electrons. The molecule has 4 rings (SSSR count). The van der Waals surface area contributed by atoms with Crippen LogP contribution in [0, 0.1) is 12.8 Å². The van der Waals surface area contributed by atoms with Crippen molar-refractivity contribution in [2.75, 3.05) is 13.1 Å². The summed E-state index contributed by atoms with van der Waals surface area (Å²) in [6, 6.07) is 8.06. The third kappa shape index (κ3) is 4.08. The average Bonchev–Trinajstić information content (AvgIpc) is 3.14. The van der Waals surface area contributed by atoms with Crippen LogP contribution in [0.25, 0.3) is 16.1 Å². The summed E-state index contributed by atoms with van der Waals surface area (Å²) in [6.45, 7) is 5.84. The predicted molar refractivity (Wildman–Crippen MR) is 106 cm³/mol. The van der Waals surface area contributed by atoms with Crippen LogP contribution < -0.4 is 0 Å². The molecule has 0 N–H and O–H groups in total. The van der Waals surface area contributed by atoms with Gasteiger partial charge in [0.25, 0.3) is 5.91 Å². The van der Waals surface area contributed by atoms with Crippen molar-refractivity contribution < 1.29 is 4.79 Å². The Morgan fingerprint density at radius 2 is 2.15 bits per heavy atom. The maximum absolute atomic E-state index is 13.3. The summed E-state index contributed by atoms with van der Waals surface area (Å²) >= 11 is 1.68. The largest absolute Gasteiger partial charge is 0.338 e. The molecule has 2 aromatic heterocycles. The molecule has 3 aromatic rings. The van der Waals surface area contributed by atoms with Gasteiger partial charge in [-0.05, 0) is 83.3 Å². The van der Waals surface area contributed by atoms with Gasteiger partial charge in [-0.15, -0.1) is 16.4 Å². The van der Waals surface area contributed by atoms with Crippen molar-refractivity contribution >= 4 is 17.2 Å². The lowest BCUT2D eigenvalue weighted by molar-refractivity contribution is 0.0747. The van der Waals surface area contributed by atoms with Crippen molar-refractivity contribution in [1.29, 1.82) is 0 Å².